The molecule has 0 radical (unpaired) electrons. The monoisotopic (exact) mass is 240 g/mol. The molecule has 18 heavy (non-hydrogen) atoms. The third kappa shape index (κ3) is 1.60. The lowest BCUT2D eigenvalue weighted by atomic mass is 10.2. The molecule has 0 bridgehead atoms. The van der Waals surface area contributed by atoms with Gasteiger partial charge in [0.05, 0.1) is 11.2 Å². The summed E-state index contributed by atoms with van der Waals surface area (Å²) in [5.41, 5.74) is 2.72. The Morgan fingerprint density at radius 2 is 2.06 bits per heavy atom. The first-order valence-electron chi connectivity index (χ1n) is 5.66. The smallest absolute Gasteiger partial charge is 0.248 e. The average Bonchev–Trinajstić information content (AvgIpc) is 2.68. The fourth-order valence-corrected chi connectivity index (χ4v) is 1.91. The van der Waals surface area contributed by atoms with Crippen molar-refractivity contribution in [2.24, 2.45) is 0 Å². The highest BCUT2D eigenvalue weighted by atomic mass is 16.1. The number of aromatic nitrogens is 4. The lowest BCUT2D eigenvalue weighted by Gasteiger charge is -2.04. The summed E-state index contributed by atoms with van der Waals surface area (Å²) in [6.45, 7) is 3.96. The molecule has 5 nitrogen and oxygen atoms in total. The molecule has 0 saturated heterocycles. The molecule has 0 amide bonds. The van der Waals surface area contributed by atoms with E-state index in [1.54, 1.807) is 23.0 Å². The minimum atomic E-state index is -0.118. The quantitative estimate of drug-likeness (QED) is 0.704. The highest BCUT2D eigenvalue weighted by Crippen LogP contribution is 2.17. The van der Waals surface area contributed by atoms with Gasteiger partial charge in [0.25, 0.3) is 0 Å². The summed E-state index contributed by atoms with van der Waals surface area (Å²) in [6.07, 6.45) is 3.60. The molecule has 0 aliphatic carbocycles. The second-order valence-corrected chi connectivity index (χ2v) is 4.26. The van der Waals surface area contributed by atoms with Gasteiger partial charge in [-0.15, -0.1) is 0 Å². The Morgan fingerprint density at radius 1 is 1.22 bits per heavy atom. The first-order chi connectivity index (χ1) is 8.65. The van der Waals surface area contributed by atoms with Gasteiger partial charge in [0.2, 0.25) is 5.56 Å². The van der Waals surface area contributed by atoms with Gasteiger partial charge in [-0.2, -0.15) is 5.10 Å². The topological polar surface area (TPSA) is 63.6 Å². The molecule has 0 aliphatic heterocycles. The minimum absolute atomic E-state index is 0.118. The van der Waals surface area contributed by atoms with Gasteiger partial charge in [0, 0.05) is 23.8 Å². The third-order valence-corrected chi connectivity index (χ3v) is 2.99. The maximum absolute atomic E-state index is 11.3. The number of nitrogens with one attached hydrogen (secondary N) is 1. The van der Waals surface area contributed by atoms with E-state index in [0.29, 0.717) is 0 Å². The molecule has 0 aromatic carbocycles. The van der Waals surface area contributed by atoms with Crippen LogP contribution in [0.3, 0.4) is 0 Å². The molecule has 0 unspecified atom stereocenters. The van der Waals surface area contributed by atoms with Crippen molar-refractivity contribution in [3.63, 3.8) is 0 Å². The fourth-order valence-electron chi connectivity index (χ4n) is 1.91. The van der Waals surface area contributed by atoms with Crippen LogP contribution in [-0.4, -0.2) is 19.7 Å². The normalized spacial score (nSPS) is 11.0. The van der Waals surface area contributed by atoms with Crippen LogP contribution in [0.5, 0.6) is 0 Å². The maximum Gasteiger partial charge on any atom is 0.248 e. The first-order valence-corrected chi connectivity index (χ1v) is 5.66. The van der Waals surface area contributed by atoms with E-state index in [1.165, 1.54) is 6.07 Å². The van der Waals surface area contributed by atoms with Gasteiger partial charge in [-0.1, -0.05) is 0 Å². The number of pyridine rings is 2. The van der Waals surface area contributed by atoms with Gasteiger partial charge in [-0.3, -0.25) is 4.79 Å². The molecule has 3 aromatic heterocycles. The third-order valence-electron chi connectivity index (χ3n) is 2.99. The van der Waals surface area contributed by atoms with Gasteiger partial charge in [-0.05, 0) is 31.5 Å². The van der Waals surface area contributed by atoms with Crippen LogP contribution < -0.4 is 5.56 Å². The van der Waals surface area contributed by atoms with Gasteiger partial charge >= 0.3 is 0 Å². The maximum atomic E-state index is 11.3. The molecular weight excluding hydrogens is 228 g/mol. The molecule has 3 aromatic rings. The first kappa shape index (κ1) is 10.7. The molecule has 0 fully saturated rings. The second kappa shape index (κ2) is 3.80. The number of nitrogens with zero attached hydrogens (tertiary/aromatic N) is 3. The van der Waals surface area contributed by atoms with E-state index in [0.717, 1.165) is 28.0 Å². The number of hydrogen-bond donors (Lipinski definition) is 1. The molecule has 1 N–H and O–H groups in total. The van der Waals surface area contributed by atoms with E-state index < -0.39 is 0 Å². The molecule has 5 heteroatoms. The van der Waals surface area contributed by atoms with Gasteiger partial charge < -0.3 is 4.98 Å². The summed E-state index contributed by atoms with van der Waals surface area (Å²) in [5.74, 6) is 0.722. The summed E-state index contributed by atoms with van der Waals surface area (Å²) in [7, 11) is 0. The summed E-state index contributed by atoms with van der Waals surface area (Å²) < 4.78 is 1.74. The van der Waals surface area contributed by atoms with Gasteiger partial charge in [0.1, 0.15) is 0 Å². The standard InChI is InChI=1S/C13H12N4O/c1-8-7-17(16-9(8)2)13-10-3-4-12(18)15-11(10)5-6-14-13/h3-7H,1-2H3,(H,15,18). The molecule has 90 valence electrons. The van der Waals surface area contributed by atoms with Crippen LogP contribution in [0.2, 0.25) is 0 Å². The zero-order valence-electron chi connectivity index (χ0n) is 10.1. The fraction of sp³-hybridized carbons (Fsp3) is 0.154. The van der Waals surface area contributed by atoms with Gasteiger partial charge in [-0.25, -0.2) is 9.67 Å². The van der Waals surface area contributed by atoms with Crippen LogP contribution in [0.1, 0.15) is 11.3 Å². The molecular formula is C13H12N4O. The van der Waals surface area contributed by atoms with Gasteiger partial charge in [0.15, 0.2) is 5.82 Å². The number of hydrogen-bond acceptors (Lipinski definition) is 3. The van der Waals surface area contributed by atoms with E-state index in [2.05, 4.69) is 15.1 Å². The van der Waals surface area contributed by atoms with Crippen LogP contribution in [0.4, 0.5) is 0 Å². The van der Waals surface area contributed by atoms with E-state index in [-0.39, 0.29) is 5.56 Å². The van der Waals surface area contributed by atoms with E-state index in [9.17, 15) is 4.79 Å². The number of fused-ring (bicyclic) bond motifs is 1. The number of rotatable bonds is 1. The number of aromatic amines is 1. The SMILES string of the molecule is Cc1cn(-c2nccc3[nH]c(=O)ccc23)nc1C. The molecule has 3 heterocycles. The Hall–Kier alpha value is -2.43. The molecule has 0 atom stereocenters. The van der Waals surface area contributed by atoms with Crippen molar-refractivity contribution in [2.45, 2.75) is 13.8 Å². The van der Waals surface area contributed by atoms with Crippen LogP contribution >= 0.6 is 0 Å². The molecule has 3 rings (SSSR count). The highest BCUT2D eigenvalue weighted by Gasteiger charge is 2.08. The Balaban J connectivity index is 2.32. The second-order valence-electron chi connectivity index (χ2n) is 4.26. The largest absolute Gasteiger partial charge is 0.322 e. The highest BCUT2D eigenvalue weighted by molar-refractivity contribution is 5.84. The average molecular weight is 240 g/mol. The van der Waals surface area contributed by atoms with Crippen LogP contribution in [-0.2, 0) is 0 Å². The van der Waals surface area contributed by atoms with E-state index in [4.69, 9.17) is 0 Å². The molecule has 0 aliphatic rings. The zero-order valence-corrected chi connectivity index (χ0v) is 10.1. The number of aryl methyl sites for hydroxylation is 2. The van der Waals surface area contributed by atoms with E-state index >= 15 is 0 Å². The lowest BCUT2D eigenvalue weighted by molar-refractivity contribution is 0.840. The Morgan fingerprint density at radius 3 is 2.78 bits per heavy atom. The van der Waals surface area contributed by atoms with E-state index in [1.807, 2.05) is 20.0 Å². The minimum Gasteiger partial charge on any atom is -0.322 e. The van der Waals surface area contributed by atoms with Crippen LogP contribution in [0, 0.1) is 13.8 Å². The van der Waals surface area contributed by atoms with Crippen molar-refractivity contribution in [3.8, 4) is 5.82 Å². The van der Waals surface area contributed by atoms with Crippen molar-refractivity contribution >= 4 is 10.9 Å². The zero-order chi connectivity index (χ0) is 12.7. The predicted molar refractivity (Wildman–Crippen MR) is 69.0 cm³/mol. The Kier molecular flexibility index (Phi) is 2.26. The predicted octanol–water partition coefficient (Wildman–Crippen LogP) is 1.73. The lowest BCUT2D eigenvalue weighted by Crippen LogP contribution is -2.05. The van der Waals surface area contributed by atoms with Crippen molar-refractivity contribution in [3.05, 3.63) is 52.2 Å². The Bertz CT molecular complexity index is 766. The Labute approximate surface area is 103 Å². The summed E-state index contributed by atoms with van der Waals surface area (Å²) in [6, 6.07) is 5.04. The summed E-state index contributed by atoms with van der Waals surface area (Å²) in [5, 5.41) is 5.29. The van der Waals surface area contributed by atoms with Crippen LogP contribution in [0.15, 0.2) is 35.4 Å². The summed E-state index contributed by atoms with van der Waals surface area (Å²) in [4.78, 5) is 18.4. The van der Waals surface area contributed by atoms with Crippen molar-refractivity contribution < 1.29 is 0 Å². The molecule has 0 spiro atoms. The molecule has 0 saturated carbocycles. The number of H-pyrrole nitrogens is 1. The van der Waals surface area contributed by atoms with Crippen LogP contribution in [0.25, 0.3) is 16.7 Å². The van der Waals surface area contributed by atoms with Crippen molar-refractivity contribution in [1.29, 1.82) is 0 Å². The van der Waals surface area contributed by atoms with Crippen molar-refractivity contribution in [2.75, 3.05) is 0 Å². The van der Waals surface area contributed by atoms with Crippen molar-refractivity contribution in [1.82, 2.24) is 19.7 Å². The summed E-state index contributed by atoms with van der Waals surface area (Å²) >= 11 is 0.